The molecule has 1 heterocycles. The lowest BCUT2D eigenvalue weighted by Gasteiger charge is -2.34. The van der Waals surface area contributed by atoms with Gasteiger partial charge in [0.25, 0.3) is 5.60 Å². The maximum absolute atomic E-state index is 13.2. The number of alkyl halides is 6. The second kappa shape index (κ2) is 8.08. The summed E-state index contributed by atoms with van der Waals surface area (Å²) in [5, 5.41) is 9.62. The second-order valence-electron chi connectivity index (χ2n) is 8.30. The van der Waals surface area contributed by atoms with Gasteiger partial charge in [-0.25, -0.2) is 0 Å². The minimum Gasteiger partial charge on any atom is -0.369 e. The summed E-state index contributed by atoms with van der Waals surface area (Å²) in [6, 6.07) is 12.9. The molecule has 0 spiro atoms. The number of halogens is 6. The average molecular weight is 460 g/mol. The van der Waals surface area contributed by atoms with Crippen molar-refractivity contribution in [2.75, 3.05) is 19.6 Å². The highest BCUT2D eigenvalue weighted by Gasteiger charge is 2.71. The number of primary amides is 1. The van der Waals surface area contributed by atoms with Crippen molar-refractivity contribution in [1.29, 1.82) is 0 Å². The molecule has 2 aromatic rings. The summed E-state index contributed by atoms with van der Waals surface area (Å²) in [5.41, 5.74) is -0.166. The molecule has 0 saturated carbocycles. The Labute approximate surface area is 180 Å². The van der Waals surface area contributed by atoms with E-state index in [1.54, 1.807) is 4.90 Å². The molecule has 3 N–H and O–H groups in total. The van der Waals surface area contributed by atoms with Gasteiger partial charge < -0.3 is 10.8 Å². The van der Waals surface area contributed by atoms with E-state index in [0.29, 0.717) is 30.8 Å². The maximum Gasteiger partial charge on any atom is 0.430 e. The summed E-state index contributed by atoms with van der Waals surface area (Å²) >= 11 is 0. The average Bonchev–Trinajstić information content (AvgIpc) is 3.03. The van der Waals surface area contributed by atoms with E-state index in [2.05, 4.69) is 0 Å². The number of hydrogen-bond donors (Lipinski definition) is 2. The first-order chi connectivity index (χ1) is 14.7. The van der Waals surface area contributed by atoms with E-state index in [4.69, 9.17) is 5.73 Å². The van der Waals surface area contributed by atoms with Crippen molar-refractivity contribution < 1.29 is 36.2 Å². The molecule has 1 fully saturated rings. The smallest absolute Gasteiger partial charge is 0.369 e. The normalized spacial score (nSPS) is 22.8. The van der Waals surface area contributed by atoms with Gasteiger partial charge in [-0.05, 0) is 11.1 Å². The number of aliphatic hydroxyl groups is 1. The van der Waals surface area contributed by atoms with Crippen LogP contribution in [-0.4, -0.2) is 47.9 Å². The highest BCUT2D eigenvalue weighted by Crippen LogP contribution is 2.51. The second-order valence-corrected chi connectivity index (χ2v) is 8.30. The highest BCUT2D eigenvalue weighted by molar-refractivity contribution is 5.76. The number of nitrogens with zero attached hydrogens (tertiary/aromatic N) is 1. The van der Waals surface area contributed by atoms with Gasteiger partial charge in [-0.3, -0.25) is 9.69 Å². The van der Waals surface area contributed by atoms with Gasteiger partial charge in [-0.15, -0.1) is 0 Å². The third-order valence-corrected chi connectivity index (χ3v) is 6.13. The molecule has 0 radical (unpaired) electrons. The van der Waals surface area contributed by atoms with Crippen molar-refractivity contribution in [3.8, 4) is 0 Å². The molecule has 2 atom stereocenters. The fourth-order valence-corrected chi connectivity index (χ4v) is 4.47. The number of nitrogens with two attached hydrogens (primary N) is 1. The molecule has 4 nitrogen and oxygen atoms in total. The van der Waals surface area contributed by atoms with Crippen molar-refractivity contribution in [1.82, 2.24) is 4.90 Å². The van der Waals surface area contributed by atoms with Crippen LogP contribution in [0.25, 0.3) is 0 Å². The van der Waals surface area contributed by atoms with Crippen molar-refractivity contribution in [2.24, 2.45) is 5.73 Å². The summed E-state index contributed by atoms with van der Waals surface area (Å²) < 4.78 is 79.1. The molecule has 0 aliphatic carbocycles. The Bertz CT molecular complexity index is 945. The zero-order valence-electron chi connectivity index (χ0n) is 17.0. The van der Waals surface area contributed by atoms with Gasteiger partial charge in [0.15, 0.2) is 0 Å². The van der Waals surface area contributed by atoms with E-state index in [1.807, 2.05) is 37.3 Å². The van der Waals surface area contributed by atoms with Gasteiger partial charge in [-0.2, -0.15) is 26.3 Å². The summed E-state index contributed by atoms with van der Waals surface area (Å²) in [6.07, 6.45) is -11.9. The topological polar surface area (TPSA) is 66.6 Å². The monoisotopic (exact) mass is 460 g/mol. The molecule has 0 bridgehead atoms. The SMILES string of the molecule is C[C@]1(c2ccccc2)CN(CC(N)=O)C[C@H]1c1ccc(C(O)(C(F)(F)F)C(F)(F)F)cc1. The van der Waals surface area contributed by atoms with Gasteiger partial charge in [0.1, 0.15) is 0 Å². The number of rotatable bonds is 5. The molecule has 1 saturated heterocycles. The van der Waals surface area contributed by atoms with Crippen LogP contribution in [0.4, 0.5) is 26.3 Å². The van der Waals surface area contributed by atoms with Crippen molar-refractivity contribution in [3.63, 3.8) is 0 Å². The highest BCUT2D eigenvalue weighted by atomic mass is 19.4. The van der Waals surface area contributed by atoms with Crippen molar-refractivity contribution >= 4 is 5.91 Å². The van der Waals surface area contributed by atoms with Crippen LogP contribution in [0, 0.1) is 0 Å². The minimum absolute atomic E-state index is 0.0289. The molecular weight excluding hydrogens is 438 g/mol. The number of amides is 1. The van der Waals surface area contributed by atoms with E-state index < -0.39 is 34.8 Å². The summed E-state index contributed by atoms with van der Waals surface area (Å²) in [7, 11) is 0. The van der Waals surface area contributed by atoms with E-state index in [1.165, 1.54) is 0 Å². The predicted molar refractivity (Wildman–Crippen MR) is 105 cm³/mol. The summed E-state index contributed by atoms with van der Waals surface area (Å²) in [6.45, 7) is 2.64. The number of likely N-dealkylation sites (tertiary alicyclic amines) is 1. The Morgan fingerprint density at radius 2 is 1.56 bits per heavy atom. The van der Waals surface area contributed by atoms with Crippen LogP contribution in [0.15, 0.2) is 54.6 Å². The predicted octanol–water partition coefficient (Wildman–Crippen LogP) is 3.84. The molecule has 1 amide bonds. The maximum atomic E-state index is 13.2. The molecule has 1 aliphatic rings. The number of hydrogen-bond acceptors (Lipinski definition) is 3. The fourth-order valence-electron chi connectivity index (χ4n) is 4.47. The molecule has 174 valence electrons. The van der Waals surface area contributed by atoms with Crippen LogP contribution >= 0.6 is 0 Å². The standard InChI is InChI=1S/C22H22F6N2O2/c1-19(15-5-3-2-4-6-15)13-30(12-18(29)31)11-17(19)14-7-9-16(10-8-14)20(32,21(23,24)25)22(26,27)28/h2-10,17,32H,11-13H2,1H3,(H2,29,31)/t17-,19+/m0/s1. The van der Waals surface area contributed by atoms with Crippen LogP contribution in [-0.2, 0) is 15.8 Å². The fraction of sp³-hybridized carbons (Fsp3) is 0.409. The first-order valence-electron chi connectivity index (χ1n) is 9.72. The van der Waals surface area contributed by atoms with Crippen LogP contribution < -0.4 is 5.73 Å². The first kappa shape index (κ1) is 24.1. The molecular formula is C22H22F6N2O2. The van der Waals surface area contributed by atoms with E-state index in [9.17, 15) is 36.2 Å². The molecule has 3 rings (SSSR count). The van der Waals surface area contributed by atoms with E-state index >= 15 is 0 Å². The largest absolute Gasteiger partial charge is 0.430 e. The lowest BCUT2D eigenvalue weighted by atomic mass is 9.71. The molecule has 10 heteroatoms. The zero-order valence-corrected chi connectivity index (χ0v) is 17.0. The van der Waals surface area contributed by atoms with Crippen molar-refractivity contribution in [2.45, 2.75) is 36.2 Å². The Hall–Kier alpha value is -2.59. The molecule has 0 unspecified atom stereocenters. The van der Waals surface area contributed by atoms with Crippen LogP contribution in [0.2, 0.25) is 0 Å². The van der Waals surface area contributed by atoms with Gasteiger partial charge in [0.2, 0.25) is 5.91 Å². The molecule has 2 aromatic carbocycles. The zero-order chi connectivity index (χ0) is 23.9. The quantitative estimate of drug-likeness (QED) is 0.667. The van der Waals surface area contributed by atoms with E-state index in [-0.39, 0.29) is 12.5 Å². The Kier molecular flexibility index (Phi) is 6.07. The van der Waals surface area contributed by atoms with Crippen LogP contribution in [0.3, 0.4) is 0 Å². The summed E-state index contributed by atoms with van der Waals surface area (Å²) in [4.78, 5) is 13.2. The lowest BCUT2D eigenvalue weighted by molar-refractivity contribution is -0.376. The van der Waals surface area contributed by atoms with Gasteiger partial charge in [0, 0.05) is 30.0 Å². The number of benzene rings is 2. The van der Waals surface area contributed by atoms with Gasteiger partial charge in [0.05, 0.1) is 6.54 Å². The van der Waals surface area contributed by atoms with Crippen LogP contribution in [0.5, 0.6) is 0 Å². The summed E-state index contributed by atoms with van der Waals surface area (Å²) in [5.74, 6) is -0.889. The lowest BCUT2D eigenvalue weighted by Crippen LogP contribution is -2.53. The Morgan fingerprint density at radius 3 is 2.03 bits per heavy atom. The van der Waals surface area contributed by atoms with Crippen molar-refractivity contribution in [3.05, 3.63) is 71.3 Å². The third-order valence-electron chi connectivity index (χ3n) is 6.13. The third kappa shape index (κ3) is 4.09. The molecule has 32 heavy (non-hydrogen) atoms. The Morgan fingerprint density at radius 1 is 1.03 bits per heavy atom. The number of carbonyl (C=O) groups excluding carboxylic acids is 1. The minimum atomic E-state index is -5.95. The first-order valence-corrected chi connectivity index (χ1v) is 9.72. The Balaban J connectivity index is 2.03. The van der Waals surface area contributed by atoms with Crippen LogP contribution in [0.1, 0.15) is 29.5 Å². The van der Waals surface area contributed by atoms with E-state index in [0.717, 1.165) is 17.7 Å². The van der Waals surface area contributed by atoms with Gasteiger partial charge >= 0.3 is 12.4 Å². The number of carbonyl (C=O) groups is 1. The molecule has 0 aromatic heterocycles. The molecule has 1 aliphatic heterocycles. The van der Waals surface area contributed by atoms with Gasteiger partial charge in [-0.1, -0.05) is 61.5 Å².